The minimum atomic E-state index is -0.601. The number of aromatic hydroxyl groups is 1. The average molecular weight is 326 g/mol. The second-order valence-electron chi connectivity index (χ2n) is 5.15. The highest BCUT2D eigenvalue weighted by molar-refractivity contribution is 5.57. The molecule has 0 aliphatic carbocycles. The molecule has 0 saturated heterocycles. The van der Waals surface area contributed by atoms with E-state index in [2.05, 4.69) is 10.2 Å². The van der Waals surface area contributed by atoms with E-state index in [9.17, 15) is 15.2 Å². The molecule has 1 heterocycles. The van der Waals surface area contributed by atoms with Crippen LogP contribution in [0, 0.1) is 18.3 Å². The van der Waals surface area contributed by atoms with Gasteiger partial charge < -0.3 is 10.2 Å². The molecule has 0 atom stereocenters. The quantitative estimate of drug-likeness (QED) is 0.823. The van der Waals surface area contributed by atoms with Crippen molar-refractivity contribution in [1.82, 2.24) is 4.57 Å². The smallest absolute Gasteiger partial charge is 0.281 e. The lowest BCUT2D eigenvalue weighted by Gasteiger charge is -2.11. The van der Waals surface area contributed by atoms with Crippen molar-refractivity contribution in [3.05, 3.63) is 51.3 Å². The maximum atomic E-state index is 12.5. The highest BCUT2D eigenvalue weighted by Gasteiger charge is 2.18. The van der Waals surface area contributed by atoms with Crippen LogP contribution in [0.2, 0.25) is 0 Å². The Kier molecular flexibility index (Phi) is 5.45. The molecule has 0 aliphatic heterocycles. The fraction of sp³-hybridized carbons (Fsp3) is 0.294. The fourth-order valence-corrected chi connectivity index (χ4v) is 2.38. The average Bonchev–Trinajstić information content (AvgIpc) is 2.59. The van der Waals surface area contributed by atoms with E-state index in [1.807, 2.05) is 31.2 Å². The van der Waals surface area contributed by atoms with Crippen molar-refractivity contribution in [2.24, 2.45) is 10.2 Å². The lowest BCUT2D eigenvalue weighted by molar-refractivity contribution is 0.263. The zero-order valence-electron chi connectivity index (χ0n) is 13.5. The summed E-state index contributed by atoms with van der Waals surface area (Å²) < 4.78 is 0.922. The van der Waals surface area contributed by atoms with Crippen LogP contribution in [0.25, 0.3) is 0 Å². The molecule has 0 saturated carbocycles. The molecule has 0 fully saturated rings. The van der Waals surface area contributed by atoms with Gasteiger partial charge in [-0.2, -0.15) is 10.4 Å². The number of aryl methyl sites for hydroxylation is 1. The SMILES string of the molecule is CCc1ccccc1N=Nc1c(C)c(C#N)c(O)n(CCO)c1=O. The van der Waals surface area contributed by atoms with Crippen molar-refractivity contribution >= 4 is 11.4 Å². The van der Waals surface area contributed by atoms with Gasteiger partial charge in [-0.15, -0.1) is 5.11 Å². The van der Waals surface area contributed by atoms with Crippen LogP contribution >= 0.6 is 0 Å². The first-order valence-electron chi connectivity index (χ1n) is 7.52. The normalized spacial score (nSPS) is 10.9. The number of aliphatic hydroxyl groups is 1. The Labute approximate surface area is 139 Å². The highest BCUT2D eigenvalue weighted by atomic mass is 16.3. The largest absolute Gasteiger partial charge is 0.493 e. The lowest BCUT2D eigenvalue weighted by atomic mass is 10.1. The van der Waals surface area contributed by atoms with Gasteiger partial charge in [-0.3, -0.25) is 9.36 Å². The topological polar surface area (TPSA) is 111 Å². The summed E-state index contributed by atoms with van der Waals surface area (Å²) in [5.74, 6) is -0.470. The third-order valence-electron chi connectivity index (χ3n) is 3.72. The zero-order valence-corrected chi connectivity index (χ0v) is 13.5. The van der Waals surface area contributed by atoms with Gasteiger partial charge >= 0.3 is 0 Å². The van der Waals surface area contributed by atoms with E-state index >= 15 is 0 Å². The van der Waals surface area contributed by atoms with Gasteiger partial charge in [0.15, 0.2) is 5.69 Å². The molecule has 7 nitrogen and oxygen atoms in total. The number of hydrogen-bond donors (Lipinski definition) is 2. The predicted octanol–water partition coefficient (Wildman–Crippen LogP) is 2.70. The van der Waals surface area contributed by atoms with E-state index in [0.29, 0.717) is 5.69 Å². The summed E-state index contributed by atoms with van der Waals surface area (Å²) in [4.78, 5) is 12.5. The number of rotatable bonds is 5. The standard InChI is InChI=1S/C17H18N4O3/c1-3-12-6-4-5-7-14(12)19-20-15-11(2)13(10-18)16(23)21(8-9-22)17(15)24/h4-7,22-23H,3,8-9H2,1-2H3. The monoisotopic (exact) mass is 326 g/mol. The molecule has 124 valence electrons. The van der Waals surface area contributed by atoms with E-state index in [1.165, 1.54) is 6.92 Å². The number of hydrogen-bond acceptors (Lipinski definition) is 6. The van der Waals surface area contributed by atoms with Crippen molar-refractivity contribution < 1.29 is 10.2 Å². The van der Waals surface area contributed by atoms with Crippen molar-refractivity contribution in [3.8, 4) is 11.9 Å². The first-order valence-corrected chi connectivity index (χ1v) is 7.52. The van der Waals surface area contributed by atoms with Crippen molar-refractivity contribution in [2.45, 2.75) is 26.8 Å². The van der Waals surface area contributed by atoms with Gasteiger partial charge in [0.1, 0.15) is 11.6 Å². The Balaban J connectivity index is 2.62. The minimum absolute atomic E-state index is 0.0243. The number of aliphatic hydroxyl groups excluding tert-OH is 1. The number of pyridine rings is 1. The van der Waals surface area contributed by atoms with E-state index in [-0.39, 0.29) is 30.0 Å². The van der Waals surface area contributed by atoms with Gasteiger partial charge in [-0.25, -0.2) is 0 Å². The fourth-order valence-electron chi connectivity index (χ4n) is 2.38. The number of azo groups is 1. The molecule has 0 aliphatic rings. The molecule has 7 heteroatoms. The zero-order chi connectivity index (χ0) is 17.7. The summed E-state index contributed by atoms with van der Waals surface area (Å²) in [6.45, 7) is 3.04. The summed E-state index contributed by atoms with van der Waals surface area (Å²) in [6, 6.07) is 9.28. The molecule has 0 unspecified atom stereocenters. The molecule has 2 aromatic rings. The number of benzene rings is 1. The van der Waals surface area contributed by atoms with Crippen molar-refractivity contribution in [3.63, 3.8) is 0 Å². The molecule has 2 rings (SSSR count). The molecule has 0 bridgehead atoms. The Hall–Kier alpha value is -2.98. The predicted molar refractivity (Wildman–Crippen MR) is 88.9 cm³/mol. The molecule has 2 N–H and O–H groups in total. The van der Waals surface area contributed by atoms with Crippen LogP contribution in [0.1, 0.15) is 23.6 Å². The van der Waals surface area contributed by atoms with Crippen LogP contribution in [-0.4, -0.2) is 21.4 Å². The number of nitriles is 1. The van der Waals surface area contributed by atoms with Gasteiger partial charge in [-0.1, -0.05) is 25.1 Å². The van der Waals surface area contributed by atoms with Gasteiger partial charge in [0.05, 0.1) is 18.8 Å². The maximum absolute atomic E-state index is 12.5. The van der Waals surface area contributed by atoms with E-state index in [0.717, 1.165) is 16.6 Å². The van der Waals surface area contributed by atoms with Gasteiger partial charge in [-0.05, 0) is 25.0 Å². The highest BCUT2D eigenvalue weighted by Crippen LogP contribution is 2.27. The number of nitrogens with zero attached hydrogens (tertiary/aromatic N) is 4. The molecule has 1 aromatic heterocycles. The summed E-state index contributed by atoms with van der Waals surface area (Å²) in [5.41, 5.74) is 1.19. The van der Waals surface area contributed by atoms with E-state index in [1.54, 1.807) is 6.07 Å². The van der Waals surface area contributed by atoms with Crippen LogP contribution in [0.3, 0.4) is 0 Å². The minimum Gasteiger partial charge on any atom is -0.493 e. The van der Waals surface area contributed by atoms with E-state index in [4.69, 9.17) is 5.11 Å². The summed E-state index contributed by atoms with van der Waals surface area (Å²) in [6.07, 6.45) is 0.766. The molecule has 0 spiro atoms. The van der Waals surface area contributed by atoms with Crippen LogP contribution in [0.5, 0.6) is 5.88 Å². The molecular formula is C17H18N4O3. The molecule has 0 radical (unpaired) electrons. The molecular weight excluding hydrogens is 308 g/mol. The van der Waals surface area contributed by atoms with Crippen LogP contribution < -0.4 is 5.56 Å². The second-order valence-corrected chi connectivity index (χ2v) is 5.15. The molecule has 1 aromatic carbocycles. The first-order chi connectivity index (χ1) is 11.5. The Bertz CT molecular complexity index is 879. The second kappa shape index (κ2) is 7.53. The van der Waals surface area contributed by atoms with Crippen LogP contribution in [-0.2, 0) is 13.0 Å². The van der Waals surface area contributed by atoms with Crippen LogP contribution in [0.15, 0.2) is 39.3 Å². The van der Waals surface area contributed by atoms with Crippen molar-refractivity contribution in [1.29, 1.82) is 5.26 Å². The number of aromatic nitrogens is 1. The van der Waals surface area contributed by atoms with Gasteiger partial charge in [0, 0.05) is 5.56 Å². The summed E-state index contributed by atoms with van der Waals surface area (Å²) >= 11 is 0. The van der Waals surface area contributed by atoms with Crippen molar-refractivity contribution in [2.75, 3.05) is 6.61 Å². The van der Waals surface area contributed by atoms with Gasteiger partial charge in [0.25, 0.3) is 5.56 Å². The lowest BCUT2D eigenvalue weighted by Crippen LogP contribution is -2.23. The Morgan fingerprint density at radius 3 is 2.62 bits per heavy atom. The molecule has 24 heavy (non-hydrogen) atoms. The Morgan fingerprint density at radius 2 is 2.00 bits per heavy atom. The van der Waals surface area contributed by atoms with Crippen LogP contribution in [0.4, 0.5) is 11.4 Å². The summed E-state index contributed by atoms with van der Waals surface area (Å²) in [7, 11) is 0. The first kappa shape index (κ1) is 17.4. The maximum Gasteiger partial charge on any atom is 0.281 e. The Morgan fingerprint density at radius 1 is 1.29 bits per heavy atom. The molecule has 0 amide bonds. The third-order valence-corrected chi connectivity index (χ3v) is 3.72. The van der Waals surface area contributed by atoms with Gasteiger partial charge in [0.2, 0.25) is 5.88 Å². The summed E-state index contributed by atoms with van der Waals surface area (Å²) in [5, 5.41) is 36.5. The van der Waals surface area contributed by atoms with E-state index < -0.39 is 11.4 Å². The third kappa shape index (κ3) is 3.19.